The van der Waals surface area contributed by atoms with Gasteiger partial charge in [0, 0.05) is 18.0 Å². The Morgan fingerprint density at radius 1 is 1.33 bits per heavy atom. The van der Waals surface area contributed by atoms with Crippen LogP contribution in [0.25, 0.3) is 5.57 Å². The fraction of sp³-hybridized carbons (Fsp3) is 0.438. The molecular formula is C16H25N3OSi. The molecule has 1 unspecified atom stereocenters. The molecule has 114 valence electrons. The predicted molar refractivity (Wildman–Crippen MR) is 89.9 cm³/mol. The summed E-state index contributed by atoms with van der Waals surface area (Å²) in [4.78, 5) is 4.45. The molecule has 0 aliphatic carbocycles. The van der Waals surface area contributed by atoms with E-state index < -0.39 is 8.32 Å². The van der Waals surface area contributed by atoms with Crippen molar-refractivity contribution in [2.45, 2.75) is 45.3 Å². The first-order chi connectivity index (χ1) is 9.67. The zero-order chi connectivity index (χ0) is 15.7. The van der Waals surface area contributed by atoms with Crippen LogP contribution in [0.3, 0.4) is 0 Å². The van der Waals surface area contributed by atoms with Crippen LogP contribution in [0, 0.1) is 0 Å². The van der Waals surface area contributed by atoms with Crippen LogP contribution in [-0.4, -0.2) is 19.5 Å². The molecule has 1 aliphatic rings. The number of rotatable bonds is 4. The predicted octanol–water partition coefficient (Wildman–Crippen LogP) is 2.95. The van der Waals surface area contributed by atoms with Crippen LogP contribution in [0.15, 0.2) is 36.7 Å². The van der Waals surface area contributed by atoms with Gasteiger partial charge in [0.15, 0.2) is 8.32 Å². The number of pyridine rings is 1. The fourth-order valence-electron chi connectivity index (χ4n) is 2.44. The van der Waals surface area contributed by atoms with Crippen molar-refractivity contribution >= 4 is 13.9 Å². The smallest absolute Gasteiger partial charge is 0.184 e. The van der Waals surface area contributed by atoms with Crippen molar-refractivity contribution in [3.63, 3.8) is 0 Å². The lowest BCUT2D eigenvalue weighted by Crippen LogP contribution is -2.36. The molecule has 5 heteroatoms. The van der Waals surface area contributed by atoms with E-state index in [1.54, 1.807) is 0 Å². The van der Waals surface area contributed by atoms with E-state index >= 15 is 0 Å². The number of hydrogen-bond donors (Lipinski definition) is 2. The standard InChI is InChI=1S/C16H25N3OSi/c1-16(2,20-21(3,4)5)13-8-9-18-14(10-13)12-6-7-15(17)19-11-12/h6-11,15,19H,17H2,1-5H3. The largest absolute Gasteiger partial charge is 0.409 e. The topological polar surface area (TPSA) is 60.2 Å². The molecule has 0 saturated heterocycles. The van der Waals surface area contributed by atoms with Crippen molar-refractivity contribution < 1.29 is 4.43 Å². The van der Waals surface area contributed by atoms with E-state index in [-0.39, 0.29) is 11.8 Å². The summed E-state index contributed by atoms with van der Waals surface area (Å²) >= 11 is 0. The number of hydrogen-bond acceptors (Lipinski definition) is 4. The van der Waals surface area contributed by atoms with Gasteiger partial charge in [-0.1, -0.05) is 6.08 Å². The average molecular weight is 303 g/mol. The maximum atomic E-state index is 6.31. The van der Waals surface area contributed by atoms with Gasteiger partial charge in [0.25, 0.3) is 0 Å². The molecule has 2 rings (SSSR count). The van der Waals surface area contributed by atoms with Crippen LogP contribution >= 0.6 is 0 Å². The molecule has 0 spiro atoms. The first-order valence-corrected chi connectivity index (χ1v) is 10.7. The normalized spacial score (nSPS) is 19.1. The van der Waals surface area contributed by atoms with Gasteiger partial charge >= 0.3 is 0 Å². The van der Waals surface area contributed by atoms with Gasteiger partial charge < -0.3 is 15.5 Å². The summed E-state index contributed by atoms with van der Waals surface area (Å²) in [6, 6.07) is 4.12. The highest BCUT2D eigenvalue weighted by atomic mass is 28.4. The summed E-state index contributed by atoms with van der Waals surface area (Å²) in [5, 5.41) is 3.09. The van der Waals surface area contributed by atoms with E-state index in [1.807, 2.05) is 30.6 Å². The molecule has 21 heavy (non-hydrogen) atoms. The lowest BCUT2D eigenvalue weighted by Gasteiger charge is -2.33. The van der Waals surface area contributed by atoms with Gasteiger partial charge in [-0.15, -0.1) is 0 Å². The van der Waals surface area contributed by atoms with E-state index in [1.165, 1.54) is 0 Å². The van der Waals surface area contributed by atoms with Crippen molar-refractivity contribution in [1.29, 1.82) is 0 Å². The molecule has 0 saturated carbocycles. The van der Waals surface area contributed by atoms with Crippen LogP contribution in [0.2, 0.25) is 19.6 Å². The Morgan fingerprint density at radius 3 is 2.62 bits per heavy atom. The summed E-state index contributed by atoms with van der Waals surface area (Å²) in [6.45, 7) is 10.8. The molecule has 2 heterocycles. The quantitative estimate of drug-likeness (QED) is 0.840. The third kappa shape index (κ3) is 4.26. The van der Waals surface area contributed by atoms with Gasteiger partial charge in [-0.3, -0.25) is 4.98 Å². The lowest BCUT2D eigenvalue weighted by molar-refractivity contribution is 0.0999. The molecule has 0 fully saturated rings. The number of nitrogens with one attached hydrogen (secondary N) is 1. The first kappa shape index (κ1) is 15.9. The highest BCUT2D eigenvalue weighted by molar-refractivity contribution is 6.69. The molecular weight excluding hydrogens is 278 g/mol. The maximum Gasteiger partial charge on any atom is 0.184 e. The molecule has 1 aromatic heterocycles. The zero-order valence-electron chi connectivity index (χ0n) is 13.5. The van der Waals surface area contributed by atoms with E-state index in [9.17, 15) is 0 Å². The third-order valence-corrected chi connectivity index (χ3v) is 4.35. The number of aromatic nitrogens is 1. The fourth-order valence-corrected chi connectivity index (χ4v) is 4.09. The van der Waals surface area contributed by atoms with Gasteiger partial charge in [0.05, 0.1) is 17.5 Å². The van der Waals surface area contributed by atoms with Gasteiger partial charge in [0.1, 0.15) is 0 Å². The first-order valence-electron chi connectivity index (χ1n) is 7.24. The van der Waals surface area contributed by atoms with Crippen LogP contribution in [0.1, 0.15) is 25.1 Å². The van der Waals surface area contributed by atoms with Crippen molar-refractivity contribution in [1.82, 2.24) is 10.3 Å². The Bertz CT molecular complexity index is 573. The van der Waals surface area contributed by atoms with Gasteiger partial charge in [-0.2, -0.15) is 0 Å². The number of nitrogens with two attached hydrogens (primary N) is 1. The minimum atomic E-state index is -1.62. The van der Waals surface area contributed by atoms with Gasteiger partial charge in [-0.05, 0) is 57.3 Å². The van der Waals surface area contributed by atoms with Crippen molar-refractivity contribution in [3.8, 4) is 0 Å². The Balaban J connectivity index is 2.28. The highest BCUT2D eigenvalue weighted by Crippen LogP contribution is 2.30. The van der Waals surface area contributed by atoms with E-state index in [0.717, 1.165) is 16.8 Å². The minimum absolute atomic E-state index is 0.122. The second kappa shape index (κ2) is 5.75. The number of allylic oxidation sites excluding steroid dienone is 2. The number of nitrogens with zero attached hydrogens (tertiary/aromatic N) is 1. The maximum absolute atomic E-state index is 6.31. The molecule has 0 amide bonds. The molecule has 1 aliphatic heterocycles. The minimum Gasteiger partial charge on any atom is -0.409 e. The van der Waals surface area contributed by atoms with Crippen molar-refractivity contribution in [2.75, 3.05) is 0 Å². The van der Waals surface area contributed by atoms with Crippen LogP contribution in [0.5, 0.6) is 0 Å². The SMILES string of the molecule is CC(C)(O[Si](C)(C)C)c1ccnc(C2=CNC(N)C=C2)c1. The Morgan fingerprint density at radius 2 is 2.05 bits per heavy atom. The molecule has 0 aromatic carbocycles. The summed E-state index contributed by atoms with van der Waals surface area (Å²) in [5.74, 6) is 0. The van der Waals surface area contributed by atoms with Crippen LogP contribution in [0.4, 0.5) is 0 Å². The van der Waals surface area contributed by atoms with E-state index in [4.69, 9.17) is 10.2 Å². The summed E-state index contributed by atoms with van der Waals surface area (Å²) in [6.07, 6.45) is 7.54. The summed E-state index contributed by atoms with van der Waals surface area (Å²) in [7, 11) is -1.62. The van der Waals surface area contributed by atoms with Crippen LogP contribution < -0.4 is 11.1 Å². The summed E-state index contributed by atoms with van der Waals surface area (Å²) in [5.41, 5.74) is 8.55. The van der Waals surface area contributed by atoms with Crippen LogP contribution in [-0.2, 0) is 10.0 Å². The molecule has 3 N–H and O–H groups in total. The number of dihydropyridines is 1. The average Bonchev–Trinajstić information content (AvgIpc) is 2.37. The molecule has 0 radical (unpaired) electrons. The summed E-state index contributed by atoms with van der Waals surface area (Å²) < 4.78 is 6.31. The lowest BCUT2D eigenvalue weighted by atomic mass is 9.97. The zero-order valence-corrected chi connectivity index (χ0v) is 14.5. The van der Waals surface area contributed by atoms with Gasteiger partial charge in [0.2, 0.25) is 0 Å². The Labute approximate surface area is 128 Å². The monoisotopic (exact) mass is 303 g/mol. The van der Waals surface area contributed by atoms with Gasteiger partial charge in [-0.25, -0.2) is 0 Å². The van der Waals surface area contributed by atoms with E-state index in [2.05, 4.69) is 49.9 Å². The van der Waals surface area contributed by atoms with E-state index in [0.29, 0.717) is 0 Å². The van der Waals surface area contributed by atoms with Crippen molar-refractivity contribution in [3.05, 3.63) is 47.9 Å². The Hall–Kier alpha value is -1.43. The third-order valence-electron chi connectivity index (χ3n) is 3.23. The second-order valence-electron chi connectivity index (χ2n) is 6.81. The second-order valence-corrected chi connectivity index (χ2v) is 11.2. The molecule has 1 atom stereocenters. The Kier molecular flexibility index (Phi) is 4.37. The molecule has 0 bridgehead atoms. The molecule has 1 aromatic rings. The molecule has 4 nitrogen and oxygen atoms in total. The van der Waals surface area contributed by atoms with Crippen molar-refractivity contribution in [2.24, 2.45) is 5.73 Å². The highest BCUT2D eigenvalue weighted by Gasteiger charge is 2.29.